The monoisotopic (exact) mass is 274 g/mol. The van der Waals surface area contributed by atoms with Crippen LogP contribution in [0.15, 0.2) is 18.2 Å². The molecule has 0 aromatic heterocycles. The fourth-order valence-electron chi connectivity index (χ4n) is 1.95. The van der Waals surface area contributed by atoms with Gasteiger partial charge in [0, 0.05) is 6.07 Å². The van der Waals surface area contributed by atoms with Crippen molar-refractivity contribution in [3.8, 4) is 6.07 Å². The van der Waals surface area contributed by atoms with Crippen LogP contribution in [0.1, 0.15) is 33.3 Å². The van der Waals surface area contributed by atoms with Gasteiger partial charge in [-0.2, -0.15) is 5.26 Å². The number of nitrogens with zero attached hydrogens (tertiary/aromatic N) is 2. The lowest BCUT2D eigenvalue weighted by molar-refractivity contribution is -0.383. The molecular weight excluding hydrogens is 259 g/mol. The molecule has 0 radical (unpaired) electrons. The fourth-order valence-corrected chi connectivity index (χ4v) is 1.95. The van der Waals surface area contributed by atoms with Crippen LogP contribution >= 0.6 is 0 Å². The van der Waals surface area contributed by atoms with E-state index in [1.807, 2.05) is 33.8 Å². The predicted octanol–water partition coefficient (Wildman–Crippen LogP) is 1.77. The van der Waals surface area contributed by atoms with Crippen LogP contribution in [-0.4, -0.2) is 23.2 Å². The molecule has 1 aliphatic rings. The summed E-state index contributed by atoms with van der Waals surface area (Å²) >= 11 is 0. The molecule has 0 saturated carbocycles. The second kappa shape index (κ2) is 4.58. The summed E-state index contributed by atoms with van der Waals surface area (Å²) in [5, 5.41) is 20.1. The Balaban J connectivity index is 2.48. The van der Waals surface area contributed by atoms with Crippen LogP contribution in [0.5, 0.6) is 0 Å². The molecule has 1 fully saturated rings. The molecule has 2 rings (SSSR count). The maximum absolute atomic E-state index is 11.1. The van der Waals surface area contributed by atoms with E-state index < -0.39 is 23.2 Å². The Morgan fingerprint density at radius 3 is 2.25 bits per heavy atom. The molecule has 7 heteroatoms. The lowest BCUT2D eigenvalue weighted by Crippen LogP contribution is -2.41. The molecule has 0 bridgehead atoms. The van der Waals surface area contributed by atoms with Crippen molar-refractivity contribution in [1.82, 2.24) is 0 Å². The lowest BCUT2D eigenvalue weighted by Gasteiger charge is -2.32. The molecule has 1 aliphatic heterocycles. The van der Waals surface area contributed by atoms with Crippen LogP contribution in [0.3, 0.4) is 0 Å². The third-order valence-corrected chi connectivity index (χ3v) is 3.86. The first kappa shape index (κ1) is 14.5. The van der Waals surface area contributed by atoms with E-state index >= 15 is 0 Å². The van der Waals surface area contributed by atoms with Gasteiger partial charge < -0.3 is 9.31 Å². The van der Waals surface area contributed by atoms with E-state index in [1.165, 1.54) is 18.2 Å². The minimum atomic E-state index is -0.853. The van der Waals surface area contributed by atoms with Crippen molar-refractivity contribution < 1.29 is 14.2 Å². The van der Waals surface area contributed by atoms with Crippen LogP contribution < -0.4 is 5.46 Å². The van der Waals surface area contributed by atoms with Gasteiger partial charge in [0.05, 0.1) is 33.2 Å². The van der Waals surface area contributed by atoms with Crippen LogP contribution in [0.25, 0.3) is 0 Å². The van der Waals surface area contributed by atoms with Crippen molar-refractivity contribution in [2.75, 3.05) is 0 Å². The first-order valence-corrected chi connectivity index (χ1v) is 6.22. The molecular formula is C13H15BN2O4. The lowest BCUT2D eigenvalue weighted by atomic mass is 9.77. The Labute approximate surface area is 117 Å². The van der Waals surface area contributed by atoms with Crippen LogP contribution in [0, 0.1) is 21.4 Å². The van der Waals surface area contributed by atoms with Gasteiger partial charge in [0.25, 0.3) is 5.69 Å². The Hall–Kier alpha value is -1.91. The molecule has 104 valence electrons. The highest BCUT2D eigenvalue weighted by Gasteiger charge is 2.53. The molecule has 0 N–H and O–H groups in total. The van der Waals surface area contributed by atoms with E-state index in [1.54, 1.807) is 0 Å². The highest BCUT2D eigenvalue weighted by atomic mass is 16.7. The average Bonchev–Trinajstić information content (AvgIpc) is 2.57. The summed E-state index contributed by atoms with van der Waals surface area (Å²) in [4.78, 5) is 10.6. The van der Waals surface area contributed by atoms with Crippen LogP contribution in [0.4, 0.5) is 5.69 Å². The average molecular weight is 274 g/mol. The van der Waals surface area contributed by atoms with Crippen molar-refractivity contribution >= 4 is 18.3 Å². The predicted molar refractivity (Wildman–Crippen MR) is 73.5 cm³/mol. The van der Waals surface area contributed by atoms with E-state index in [9.17, 15) is 10.1 Å². The molecule has 0 unspecified atom stereocenters. The molecule has 0 spiro atoms. The Morgan fingerprint density at radius 1 is 1.25 bits per heavy atom. The standard InChI is InChI=1S/C13H15BN2O4/c1-12(2)13(3,4)20-14(19-12)10-7-9(8-15)5-6-11(10)16(17)18/h5-7H,1-4H3. The maximum Gasteiger partial charge on any atom is 0.501 e. The van der Waals surface area contributed by atoms with Crippen molar-refractivity contribution in [3.63, 3.8) is 0 Å². The van der Waals surface area contributed by atoms with Gasteiger partial charge in [-0.3, -0.25) is 10.1 Å². The summed E-state index contributed by atoms with van der Waals surface area (Å²) in [5.74, 6) is 0. The third-order valence-electron chi connectivity index (χ3n) is 3.86. The van der Waals surface area contributed by atoms with E-state index in [-0.39, 0.29) is 11.2 Å². The highest BCUT2D eigenvalue weighted by Crippen LogP contribution is 2.37. The SMILES string of the molecule is CC1(C)OB(c2cc(C#N)ccc2[N+](=O)[O-])OC1(C)C. The van der Waals surface area contributed by atoms with Crippen molar-refractivity contribution in [2.24, 2.45) is 0 Å². The highest BCUT2D eigenvalue weighted by molar-refractivity contribution is 6.63. The number of rotatable bonds is 2. The number of nitro groups is 1. The largest absolute Gasteiger partial charge is 0.501 e. The quantitative estimate of drug-likeness (QED) is 0.466. The molecule has 20 heavy (non-hydrogen) atoms. The van der Waals surface area contributed by atoms with Gasteiger partial charge in [-0.25, -0.2) is 0 Å². The molecule has 1 saturated heterocycles. The zero-order valence-corrected chi connectivity index (χ0v) is 11.8. The molecule has 0 amide bonds. The Bertz CT molecular complexity index is 591. The minimum Gasteiger partial charge on any atom is -0.399 e. The number of benzene rings is 1. The van der Waals surface area contributed by atoms with Gasteiger partial charge in [-0.1, -0.05) is 0 Å². The minimum absolute atomic E-state index is 0.109. The number of hydrogen-bond donors (Lipinski definition) is 0. The van der Waals surface area contributed by atoms with Crippen LogP contribution in [-0.2, 0) is 9.31 Å². The molecule has 0 aliphatic carbocycles. The molecule has 6 nitrogen and oxygen atoms in total. The summed E-state index contributed by atoms with van der Waals surface area (Å²) in [6.45, 7) is 7.47. The van der Waals surface area contributed by atoms with Gasteiger partial charge >= 0.3 is 7.12 Å². The first-order valence-electron chi connectivity index (χ1n) is 6.22. The topological polar surface area (TPSA) is 85.4 Å². The van der Waals surface area contributed by atoms with E-state index in [4.69, 9.17) is 14.6 Å². The summed E-state index contributed by atoms with van der Waals surface area (Å²) in [5.41, 5.74) is -0.682. The maximum atomic E-state index is 11.1. The smallest absolute Gasteiger partial charge is 0.399 e. The van der Waals surface area contributed by atoms with Crippen molar-refractivity contribution in [3.05, 3.63) is 33.9 Å². The van der Waals surface area contributed by atoms with Gasteiger partial charge in [-0.05, 0) is 39.8 Å². The molecule has 1 heterocycles. The van der Waals surface area contributed by atoms with Gasteiger partial charge in [0.2, 0.25) is 0 Å². The fraction of sp³-hybridized carbons (Fsp3) is 0.462. The van der Waals surface area contributed by atoms with Crippen molar-refractivity contribution in [2.45, 2.75) is 38.9 Å². The molecule has 1 aromatic carbocycles. The molecule has 1 aromatic rings. The molecule has 0 atom stereocenters. The number of nitro benzene ring substituents is 1. The summed E-state index contributed by atoms with van der Waals surface area (Å²) in [6.07, 6.45) is 0. The summed E-state index contributed by atoms with van der Waals surface area (Å²) in [7, 11) is -0.853. The summed E-state index contributed by atoms with van der Waals surface area (Å²) in [6, 6.07) is 6.12. The third kappa shape index (κ3) is 2.28. The second-order valence-electron chi connectivity index (χ2n) is 5.73. The van der Waals surface area contributed by atoms with E-state index in [0.717, 1.165) is 0 Å². The van der Waals surface area contributed by atoms with Gasteiger partial charge in [0.15, 0.2) is 0 Å². The summed E-state index contributed by atoms with van der Waals surface area (Å²) < 4.78 is 11.6. The normalized spacial score (nSPS) is 19.6. The van der Waals surface area contributed by atoms with E-state index in [0.29, 0.717) is 5.56 Å². The Morgan fingerprint density at radius 2 is 1.80 bits per heavy atom. The second-order valence-corrected chi connectivity index (χ2v) is 5.73. The first-order chi connectivity index (χ1) is 9.18. The number of nitriles is 1. The van der Waals surface area contributed by atoms with Crippen LogP contribution in [0.2, 0.25) is 0 Å². The van der Waals surface area contributed by atoms with E-state index in [2.05, 4.69) is 0 Å². The Kier molecular flexibility index (Phi) is 3.32. The zero-order chi connectivity index (χ0) is 15.1. The van der Waals surface area contributed by atoms with Crippen molar-refractivity contribution in [1.29, 1.82) is 5.26 Å². The van der Waals surface area contributed by atoms with Gasteiger partial charge in [0.1, 0.15) is 0 Å². The zero-order valence-electron chi connectivity index (χ0n) is 11.8. The van der Waals surface area contributed by atoms with Gasteiger partial charge in [-0.15, -0.1) is 0 Å². The number of hydrogen-bond acceptors (Lipinski definition) is 5.